The zero-order chi connectivity index (χ0) is 22.0. The van der Waals surface area contributed by atoms with Crippen molar-refractivity contribution in [3.63, 3.8) is 0 Å². The van der Waals surface area contributed by atoms with E-state index in [4.69, 9.17) is 0 Å². The molecule has 0 spiro atoms. The zero-order valence-electron chi connectivity index (χ0n) is 19.4. The van der Waals surface area contributed by atoms with E-state index in [9.17, 15) is 14.4 Å². The summed E-state index contributed by atoms with van der Waals surface area (Å²) in [5, 5.41) is 0. The Morgan fingerprint density at radius 2 is 1.39 bits per heavy atom. The molecule has 0 aromatic heterocycles. The van der Waals surface area contributed by atoms with E-state index in [1.807, 2.05) is 45.9 Å². The maximum atomic E-state index is 12.6. The summed E-state index contributed by atoms with van der Waals surface area (Å²) in [5.41, 5.74) is 2.35. The van der Waals surface area contributed by atoms with Crippen molar-refractivity contribution < 1.29 is 14.4 Å². The Morgan fingerprint density at radius 3 is 1.89 bits per heavy atom. The molecule has 0 aliphatic heterocycles. The fraction of sp³-hybridized carbons (Fsp3) is 0.640. The molecule has 158 valence electrons. The predicted molar refractivity (Wildman–Crippen MR) is 118 cm³/mol. The van der Waals surface area contributed by atoms with E-state index in [-0.39, 0.29) is 29.2 Å². The van der Waals surface area contributed by atoms with Crippen molar-refractivity contribution in [3.05, 3.63) is 34.9 Å². The van der Waals surface area contributed by atoms with Gasteiger partial charge in [0.1, 0.15) is 5.78 Å². The van der Waals surface area contributed by atoms with Crippen LogP contribution in [0, 0.1) is 23.7 Å². The summed E-state index contributed by atoms with van der Waals surface area (Å²) in [6.45, 7) is 17.4. The van der Waals surface area contributed by atoms with Crippen LogP contribution in [-0.2, 0) is 14.4 Å². The van der Waals surface area contributed by atoms with Crippen LogP contribution in [0.3, 0.4) is 0 Å². The molecule has 0 aromatic rings. The molecule has 28 heavy (non-hydrogen) atoms. The van der Waals surface area contributed by atoms with Gasteiger partial charge in [0, 0.05) is 12.3 Å². The van der Waals surface area contributed by atoms with Gasteiger partial charge in [0.15, 0.2) is 11.6 Å². The van der Waals surface area contributed by atoms with Gasteiger partial charge in [-0.15, -0.1) is 0 Å². The lowest BCUT2D eigenvalue weighted by Gasteiger charge is -2.15. The number of hydrogen-bond donors (Lipinski definition) is 0. The van der Waals surface area contributed by atoms with Crippen molar-refractivity contribution in [1.29, 1.82) is 0 Å². The van der Waals surface area contributed by atoms with E-state index < -0.39 is 5.92 Å². The first-order valence-electron chi connectivity index (χ1n) is 10.6. The number of carbonyl (C=O) groups excluding carboxylic acids is 3. The van der Waals surface area contributed by atoms with Gasteiger partial charge >= 0.3 is 0 Å². The average Bonchev–Trinajstić information content (AvgIpc) is 2.64. The minimum atomic E-state index is -0.585. The molecule has 0 heterocycles. The van der Waals surface area contributed by atoms with Gasteiger partial charge in [-0.25, -0.2) is 0 Å². The van der Waals surface area contributed by atoms with Crippen LogP contribution in [0.5, 0.6) is 0 Å². The standard InChI is InChI=1S/C25H40O3/c1-10-16(3)13-19(6)24(27)20(7)14-17(4)12-18(5)15-21(8)25(28)22(9)23(26)11-2/h12,14-17,19,22H,10-11,13H2,1-9H3. The summed E-state index contributed by atoms with van der Waals surface area (Å²) in [4.78, 5) is 36.7. The van der Waals surface area contributed by atoms with Crippen LogP contribution >= 0.6 is 0 Å². The highest BCUT2D eigenvalue weighted by atomic mass is 16.2. The Labute approximate surface area is 172 Å². The highest BCUT2D eigenvalue weighted by molar-refractivity contribution is 6.09. The fourth-order valence-corrected chi connectivity index (χ4v) is 3.46. The molecule has 0 saturated heterocycles. The predicted octanol–water partition coefficient (Wildman–Crippen LogP) is 6.29. The van der Waals surface area contributed by atoms with Crippen molar-refractivity contribution in [1.82, 2.24) is 0 Å². The molecule has 0 bridgehead atoms. The van der Waals surface area contributed by atoms with Crippen LogP contribution < -0.4 is 0 Å². The van der Waals surface area contributed by atoms with Crippen LogP contribution in [0.4, 0.5) is 0 Å². The van der Waals surface area contributed by atoms with Crippen LogP contribution in [-0.4, -0.2) is 17.3 Å². The first kappa shape index (κ1) is 26.2. The van der Waals surface area contributed by atoms with Crippen molar-refractivity contribution in [2.75, 3.05) is 0 Å². The smallest absolute Gasteiger partial charge is 0.168 e. The van der Waals surface area contributed by atoms with Crippen LogP contribution in [0.15, 0.2) is 34.9 Å². The molecule has 0 amide bonds. The topological polar surface area (TPSA) is 51.2 Å². The summed E-state index contributed by atoms with van der Waals surface area (Å²) < 4.78 is 0. The molecule has 0 rings (SSSR count). The van der Waals surface area contributed by atoms with E-state index in [1.54, 1.807) is 20.8 Å². The van der Waals surface area contributed by atoms with Crippen LogP contribution in [0.2, 0.25) is 0 Å². The third kappa shape index (κ3) is 8.95. The SMILES string of the molecule is CCC(=O)C(C)C(=O)C(C)=CC(C)=CC(C)C=C(C)C(=O)C(C)CC(C)CC. The average molecular weight is 389 g/mol. The second kappa shape index (κ2) is 12.6. The second-order valence-electron chi connectivity index (χ2n) is 8.37. The summed E-state index contributed by atoms with van der Waals surface area (Å²) in [5.74, 6) is 0.169. The largest absolute Gasteiger partial charge is 0.299 e. The molecule has 4 unspecified atom stereocenters. The third-order valence-corrected chi connectivity index (χ3v) is 5.39. The van der Waals surface area contributed by atoms with Crippen molar-refractivity contribution >= 4 is 17.3 Å². The first-order chi connectivity index (χ1) is 12.9. The molecule has 0 N–H and O–H groups in total. The minimum Gasteiger partial charge on any atom is -0.299 e. The Balaban J connectivity index is 5.14. The van der Waals surface area contributed by atoms with Gasteiger partial charge in [-0.2, -0.15) is 0 Å². The van der Waals surface area contributed by atoms with Crippen molar-refractivity contribution in [2.45, 2.75) is 81.6 Å². The Bertz CT molecular complexity index is 649. The van der Waals surface area contributed by atoms with Crippen LogP contribution in [0.1, 0.15) is 81.6 Å². The Kier molecular flexibility index (Phi) is 11.8. The number of hydrogen-bond acceptors (Lipinski definition) is 3. The normalized spacial score (nSPS) is 17.7. The van der Waals surface area contributed by atoms with Crippen LogP contribution in [0.25, 0.3) is 0 Å². The molecular weight excluding hydrogens is 348 g/mol. The van der Waals surface area contributed by atoms with E-state index in [0.717, 1.165) is 24.0 Å². The van der Waals surface area contributed by atoms with E-state index in [0.29, 0.717) is 17.9 Å². The van der Waals surface area contributed by atoms with Gasteiger partial charge in [-0.05, 0) is 57.1 Å². The maximum Gasteiger partial charge on any atom is 0.168 e. The van der Waals surface area contributed by atoms with E-state index >= 15 is 0 Å². The lowest BCUT2D eigenvalue weighted by atomic mass is 9.88. The molecule has 3 heteroatoms. The number of rotatable bonds is 12. The monoisotopic (exact) mass is 388 g/mol. The summed E-state index contributed by atoms with van der Waals surface area (Å²) in [6.07, 6.45) is 8.24. The number of allylic oxidation sites excluding steroid dienone is 6. The Morgan fingerprint density at radius 1 is 0.821 bits per heavy atom. The third-order valence-electron chi connectivity index (χ3n) is 5.39. The van der Waals surface area contributed by atoms with Crippen molar-refractivity contribution in [3.8, 4) is 0 Å². The zero-order valence-corrected chi connectivity index (χ0v) is 19.4. The van der Waals surface area contributed by atoms with E-state index in [2.05, 4.69) is 13.8 Å². The summed E-state index contributed by atoms with van der Waals surface area (Å²) in [7, 11) is 0. The molecule has 0 saturated carbocycles. The number of ketones is 3. The molecule has 4 atom stereocenters. The minimum absolute atomic E-state index is 0.0312. The molecule has 0 radical (unpaired) electrons. The van der Waals surface area contributed by atoms with Gasteiger partial charge in [0.25, 0.3) is 0 Å². The maximum absolute atomic E-state index is 12.6. The van der Waals surface area contributed by atoms with Gasteiger partial charge in [0.2, 0.25) is 0 Å². The Hall–Kier alpha value is -1.77. The lowest BCUT2D eigenvalue weighted by molar-refractivity contribution is -0.129. The molecular formula is C25H40O3. The van der Waals surface area contributed by atoms with Gasteiger partial charge in [-0.3, -0.25) is 14.4 Å². The molecule has 0 fully saturated rings. The first-order valence-corrected chi connectivity index (χ1v) is 10.6. The number of carbonyl (C=O) groups is 3. The lowest BCUT2D eigenvalue weighted by Crippen LogP contribution is -2.21. The summed E-state index contributed by atoms with van der Waals surface area (Å²) in [6, 6.07) is 0. The van der Waals surface area contributed by atoms with Gasteiger partial charge < -0.3 is 0 Å². The molecule has 0 aliphatic carbocycles. The number of Topliss-reactive ketones (excluding diaryl/α,β-unsaturated/α-hetero) is 3. The fourth-order valence-electron chi connectivity index (χ4n) is 3.46. The van der Waals surface area contributed by atoms with Gasteiger partial charge in [-0.1, -0.05) is 64.8 Å². The quantitative estimate of drug-likeness (QED) is 0.224. The highest BCUT2D eigenvalue weighted by Crippen LogP contribution is 2.20. The van der Waals surface area contributed by atoms with Crippen molar-refractivity contribution in [2.24, 2.45) is 23.7 Å². The highest BCUT2D eigenvalue weighted by Gasteiger charge is 2.21. The van der Waals surface area contributed by atoms with Gasteiger partial charge in [0.05, 0.1) is 5.92 Å². The molecule has 0 aromatic carbocycles. The van der Waals surface area contributed by atoms with E-state index in [1.165, 1.54) is 0 Å². The molecule has 0 aliphatic rings. The molecule has 3 nitrogen and oxygen atoms in total. The second-order valence-corrected chi connectivity index (χ2v) is 8.37. The summed E-state index contributed by atoms with van der Waals surface area (Å²) >= 11 is 0.